The third-order valence-corrected chi connectivity index (χ3v) is 3.12. The van der Waals surface area contributed by atoms with Crippen LogP contribution >= 0.6 is 11.8 Å². The molecule has 1 N–H and O–H groups in total. The molecule has 0 fully saturated rings. The number of non-ortho nitro benzene ring substituents is 1. The van der Waals surface area contributed by atoms with Crippen LogP contribution in [0, 0.1) is 10.1 Å². The number of nitrogens with zero attached hydrogens (tertiary/aromatic N) is 1. The predicted octanol–water partition coefficient (Wildman–Crippen LogP) is 3.66. The van der Waals surface area contributed by atoms with Crippen LogP contribution in [-0.4, -0.2) is 11.2 Å². The molecule has 1 heterocycles. The van der Waals surface area contributed by atoms with E-state index in [2.05, 4.69) is 5.32 Å². The van der Waals surface area contributed by atoms with E-state index in [9.17, 15) is 10.1 Å². The second-order valence-electron chi connectivity index (χ2n) is 3.96. The number of hydrogen-bond donors (Lipinski definition) is 1. The summed E-state index contributed by atoms with van der Waals surface area (Å²) in [4.78, 5) is 10.1. The van der Waals surface area contributed by atoms with Gasteiger partial charge in [0.25, 0.3) is 5.69 Å². The standard InChI is InChI=1S/C13H14N2O3S/c1-19-9-13-7-6-12(18-13)8-14-10-2-4-11(5-3-10)15(16)17/h2-7,14H,8-9H2,1H3. The molecule has 1 aromatic carbocycles. The molecule has 0 aliphatic heterocycles. The molecule has 100 valence electrons. The zero-order chi connectivity index (χ0) is 13.7. The number of nitro benzene ring substituents is 1. The van der Waals surface area contributed by atoms with Crippen molar-refractivity contribution in [2.75, 3.05) is 11.6 Å². The number of nitro groups is 1. The van der Waals surface area contributed by atoms with Crippen LogP contribution < -0.4 is 5.32 Å². The van der Waals surface area contributed by atoms with Crippen LogP contribution in [-0.2, 0) is 12.3 Å². The van der Waals surface area contributed by atoms with Gasteiger partial charge in [-0.3, -0.25) is 10.1 Å². The van der Waals surface area contributed by atoms with Crippen LogP contribution in [0.25, 0.3) is 0 Å². The van der Waals surface area contributed by atoms with Crippen molar-refractivity contribution in [1.82, 2.24) is 0 Å². The van der Waals surface area contributed by atoms with Gasteiger partial charge in [-0.25, -0.2) is 0 Å². The van der Waals surface area contributed by atoms with Gasteiger partial charge in [0, 0.05) is 17.8 Å². The Balaban J connectivity index is 1.92. The first-order valence-electron chi connectivity index (χ1n) is 5.74. The molecule has 0 unspecified atom stereocenters. The highest BCUT2D eigenvalue weighted by Gasteiger charge is 2.05. The molecule has 0 spiro atoms. The Morgan fingerprint density at radius 2 is 1.89 bits per heavy atom. The van der Waals surface area contributed by atoms with Gasteiger partial charge in [0.15, 0.2) is 0 Å². The fraction of sp³-hybridized carbons (Fsp3) is 0.231. The number of nitrogens with one attached hydrogen (secondary N) is 1. The molecule has 0 saturated heterocycles. The number of benzene rings is 1. The quantitative estimate of drug-likeness (QED) is 0.645. The molecular formula is C13H14N2O3S. The SMILES string of the molecule is CSCc1ccc(CNc2ccc([N+](=O)[O-])cc2)o1. The van der Waals surface area contributed by atoms with Gasteiger partial charge in [-0.05, 0) is 30.5 Å². The molecule has 0 bridgehead atoms. The Hall–Kier alpha value is -1.95. The van der Waals surface area contributed by atoms with Crippen molar-refractivity contribution < 1.29 is 9.34 Å². The Labute approximate surface area is 115 Å². The second-order valence-corrected chi connectivity index (χ2v) is 4.82. The molecule has 6 heteroatoms. The summed E-state index contributed by atoms with van der Waals surface area (Å²) in [5.74, 6) is 2.66. The normalized spacial score (nSPS) is 10.4. The van der Waals surface area contributed by atoms with Gasteiger partial charge in [0.05, 0.1) is 17.2 Å². The molecule has 1 aromatic heterocycles. The lowest BCUT2D eigenvalue weighted by Crippen LogP contribution is -1.98. The fourth-order valence-corrected chi connectivity index (χ4v) is 2.07. The lowest BCUT2D eigenvalue weighted by atomic mass is 10.3. The van der Waals surface area contributed by atoms with Gasteiger partial charge in [-0.2, -0.15) is 11.8 Å². The van der Waals surface area contributed by atoms with Crippen LogP contribution in [0.3, 0.4) is 0 Å². The maximum atomic E-state index is 10.5. The van der Waals surface area contributed by atoms with Crippen molar-refractivity contribution in [3.8, 4) is 0 Å². The summed E-state index contributed by atoms with van der Waals surface area (Å²) in [6, 6.07) is 10.2. The van der Waals surface area contributed by atoms with E-state index in [4.69, 9.17) is 4.42 Å². The van der Waals surface area contributed by atoms with Crippen molar-refractivity contribution in [2.24, 2.45) is 0 Å². The molecule has 0 saturated carbocycles. The monoisotopic (exact) mass is 278 g/mol. The lowest BCUT2D eigenvalue weighted by molar-refractivity contribution is -0.384. The number of rotatable bonds is 6. The van der Waals surface area contributed by atoms with Gasteiger partial charge in [-0.1, -0.05) is 0 Å². The zero-order valence-electron chi connectivity index (χ0n) is 10.5. The summed E-state index contributed by atoms with van der Waals surface area (Å²) in [5, 5.41) is 13.7. The van der Waals surface area contributed by atoms with Crippen molar-refractivity contribution in [3.05, 3.63) is 58.0 Å². The maximum Gasteiger partial charge on any atom is 0.269 e. The molecule has 2 rings (SSSR count). The summed E-state index contributed by atoms with van der Waals surface area (Å²) in [6.07, 6.45) is 2.03. The first kappa shape index (κ1) is 13.5. The third-order valence-electron chi connectivity index (χ3n) is 2.55. The molecule has 0 aliphatic rings. The van der Waals surface area contributed by atoms with Gasteiger partial charge in [-0.15, -0.1) is 0 Å². The van der Waals surface area contributed by atoms with Crippen LogP contribution in [0.2, 0.25) is 0 Å². The highest BCUT2D eigenvalue weighted by atomic mass is 32.2. The largest absolute Gasteiger partial charge is 0.463 e. The third kappa shape index (κ3) is 3.75. The summed E-state index contributed by atoms with van der Waals surface area (Å²) >= 11 is 1.71. The van der Waals surface area contributed by atoms with E-state index in [1.54, 1.807) is 23.9 Å². The van der Waals surface area contributed by atoms with Gasteiger partial charge in [0.2, 0.25) is 0 Å². The van der Waals surface area contributed by atoms with Crippen LogP contribution in [0.1, 0.15) is 11.5 Å². The van der Waals surface area contributed by atoms with Crippen molar-refractivity contribution >= 4 is 23.1 Å². The van der Waals surface area contributed by atoms with E-state index in [1.807, 2.05) is 18.4 Å². The average Bonchev–Trinajstić information content (AvgIpc) is 2.85. The summed E-state index contributed by atoms with van der Waals surface area (Å²) in [5.41, 5.74) is 0.916. The summed E-state index contributed by atoms with van der Waals surface area (Å²) in [7, 11) is 0. The number of hydrogen-bond acceptors (Lipinski definition) is 5. The minimum Gasteiger partial charge on any atom is -0.463 e. The number of thioether (sulfide) groups is 1. The van der Waals surface area contributed by atoms with Gasteiger partial charge in [0.1, 0.15) is 11.5 Å². The van der Waals surface area contributed by atoms with Crippen LogP contribution in [0.4, 0.5) is 11.4 Å². The van der Waals surface area contributed by atoms with E-state index in [0.717, 1.165) is 23.0 Å². The van der Waals surface area contributed by atoms with E-state index < -0.39 is 4.92 Å². The van der Waals surface area contributed by atoms with E-state index in [-0.39, 0.29) is 5.69 Å². The highest BCUT2D eigenvalue weighted by molar-refractivity contribution is 7.97. The van der Waals surface area contributed by atoms with E-state index in [1.165, 1.54) is 12.1 Å². The Bertz CT molecular complexity index is 551. The minimum absolute atomic E-state index is 0.0887. The molecular weight excluding hydrogens is 264 g/mol. The molecule has 0 atom stereocenters. The maximum absolute atomic E-state index is 10.5. The second kappa shape index (κ2) is 6.29. The summed E-state index contributed by atoms with van der Waals surface area (Å²) < 4.78 is 5.62. The Morgan fingerprint density at radius 3 is 2.53 bits per heavy atom. The molecule has 0 radical (unpaired) electrons. The molecule has 19 heavy (non-hydrogen) atoms. The highest BCUT2D eigenvalue weighted by Crippen LogP contribution is 2.18. The predicted molar refractivity (Wildman–Crippen MR) is 76.4 cm³/mol. The van der Waals surface area contributed by atoms with Crippen molar-refractivity contribution in [1.29, 1.82) is 0 Å². The zero-order valence-corrected chi connectivity index (χ0v) is 11.3. The first-order valence-corrected chi connectivity index (χ1v) is 7.13. The van der Waals surface area contributed by atoms with Crippen LogP contribution in [0.5, 0.6) is 0 Å². The van der Waals surface area contributed by atoms with E-state index >= 15 is 0 Å². The molecule has 5 nitrogen and oxygen atoms in total. The summed E-state index contributed by atoms with van der Waals surface area (Å²) in [6.45, 7) is 0.562. The Morgan fingerprint density at radius 1 is 1.21 bits per heavy atom. The van der Waals surface area contributed by atoms with E-state index in [0.29, 0.717) is 6.54 Å². The van der Waals surface area contributed by atoms with Gasteiger partial charge >= 0.3 is 0 Å². The molecule has 2 aromatic rings. The van der Waals surface area contributed by atoms with Gasteiger partial charge < -0.3 is 9.73 Å². The smallest absolute Gasteiger partial charge is 0.269 e. The molecule has 0 amide bonds. The Kier molecular flexibility index (Phi) is 4.46. The van der Waals surface area contributed by atoms with Crippen molar-refractivity contribution in [2.45, 2.75) is 12.3 Å². The average molecular weight is 278 g/mol. The molecule has 0 aliphatic carbocycles. The number of furan rings is 1. The van der Waals surface area contributed by atoms with Crippen LogP contribution in [0.15, 0.2) is 40.8 Å². The van der Waals surface area contributed by atoms with Crippen molar-refractivity contribution in [3.63, 3.8) is 0 Å². The number of anilines is 1. The first-order chi connectivity index (χ1) is 9.19. The fourth-order valence-electron chi connectivity index (χ4n) is 1.63. The topological polar surface area (TPSA) is 68.3 Å². The lowest BCUT2D eigenvalue weighted by Gasteiger charge is -2.03. The minimum atomic E-state index is -0.412.